The largest absolute Gasteiger partial charge is 0.417 e. The van der Waals surface area contributed by atoms with Crippen LogP contribution in [0.5, 0.6) is 0 Å². The Kier molecular flexibility index (Phi) is 5.35. The Bertz CT molecular complexity index is 1160. The van der Waals surface area contributed by atoms with E-state index in [1.54, 1.807) is 0 Å². The number of H-pyrrole nitrogens is 1. The molecule has 154 valence electrons. The van der Waals surface area contributed by atoms with Crippen molar-refractivity contribution in [1.82, 2.24) is 15.2 Å². The van der Waals surface area contributed by atoms with E-state index in [4.69, 9.17) is 5.73 Å². The zero-order valence-electron chi connectivity index (χ0n) is 15.1. The van der Waals surface area contributed by atoms with Gasteiger partial charge in [0.1, 0.15) is 11.6 Å². The van der Waals surface area contributed by atoms with Crippen molar-refractivity contribution in [1.29, 1.82) is 0 Å². The number of nitrogens with zero attached hydrogens (tertiary/aromatic N) is 2. The minimum absolute atomic E-state index is 0.0296. The molecular formula is C18H16F4N4O2S. The monoisotopic (exact) mass is 428 g/mol. The quantitative estimate of drug-likeness (QED) is 0.607. The summed E-state index contributed by atoms with van der Waals surface area (Å²) in [6.45, 7) is 0. The molecule has 2 aromatic carbocycles. The Hall–Kier alpha value is -2.95. The van der Waals surface area contributed by atoms with Crippen LogP contribution in [0.3, 0.4) is 0 Å². The fourth-order valence-electron chi connectivity index (χ4n) is 2.98. The van der Waals surface area contributed by atoms with Crippen molar-refractivity contribution in [3.8, 4) is 11.1 Å². The molecule has 0 unspecified atom stereocenters. The number of hydrogen-bond donors (Lipinski definition) is 2. The van der Waals surface area contributed by atoms with E-state index >= 15 is 0 Å². The first-order valence-electron chi connectivity index (χ1n) is 8.26. The highest BCUT2D eigenvalue weighted by atomic mass is 32.2. The summed E-state index contributed by atoms with van der Waals surface area (Å²) in [5.74, 6) is -1.33. The molecule has 0 spiro atoms. The number of sulfone groups is 1. The Morgan fingerprint density at radius 1 is 1.14 bits per heavy atom. The fraction of sp³-hybridized carbons (Fsp3) is 0.222. The number of nitrogen functional groups attached to an aromatic ring is 1. The molecule has 0 amide bonds. The molecule has 3 N–H and O–H groups in total. The number of aromatic amines is 1. The third-order valence-electron chi connectivity index (χ3n) is 4.02. The minimum Gasteiger partial charge on any atom is -0.367 e. The van der Waals surface area contributed by atoms with Crippen LogP contribution in [0.1, 0.15) is 22.5 Å². The molecule has 0 saturated heterocycles. The smallest absolute Gasteiger partial charge is 0.367 e. The molecule has 6 nitrogen and oxygen atoms in total. The third-order valence-corrected chi connectivity index (χ3v) is 4.88. The van der Waals surface area contributed by atoms with Crippen LogP contribution in [0.25, 0.3) is 11.1 Å². The molecule has 29 heavy (non-hydrogen) atoms. The van der Waals surface area contributed by atoms with Crippen molar-refractivity contribution in [3.63, 3.8) is 0 Å². The molecule has 0 aliphatic carbocycles. The van der Waals surface area contributed by atoms with Crippen LogP contribution in [0.2, 0.25) is 0 Å². The summed E-state index contributed by atoms with van der Waals surface area (Å²) in [4.78, 5) is 3.80. The Balaban J connectivity index is 2.10. The summed E-state index contributed by atoms with van der Waals surface area (Å²) >= 11 is 0. The molecule has 0 saturated carbocycles. The SMILES string of the molecule is CS(=O)(=O)Cc1cccc(-c2c(F)cc(Cc3nc(N)n[nH]3)cc2C(F)(F)F)c1. The minimum atomic E-state index is -4.83. The topological polar surface area (TPSA) is 102 Å². The van der Waals surface area contributed by atoms with Gasteiger partial charge < -0.3 is 5.73 Å². The van der Waals surface area contributed by atoms with E-state index < -0.39 is 33.0 Å². The van der Waals surface area contributed by atoms with Crippen LogP contribution in [0, 0.1) is 5.82 Å². The van der Waals surface area contributed by atoms with Crippen molar-refractivity contribution >= 4 is 15.8 Å². The zero-order chi connectivity index (χ0) is 21.4. The van der Waals surface area contributed by atoms with Gasteiger partial charge in [-0.3, -0.25) is 5.10 Å². The lowest BCUT2D eigenvalue weighted by Gasteiger charge is -2.16. The summed E-state index contributed by atoms with van der Waals surface area (Å²) in [5, 5.41) is 6.05. The zero-order valence-corrected chi connectivity index (χ0v) is 15.9. The summed E-state index contributed by atoms with van der Waals surface area (Å²) < 4.78 is 78.9. The highest BCUT2D eigenvalue weighted by molar-refractivity contribution is 7.89. The van der Waals surface area contributed by atoms with Crippen LogP contribution in [0.15, 0.2) is 36.4 Å². The summed E-state index contributed by atoms with van der Waals surface area (Å²) in [6.07, 6.45) is -3.95. The number of aromatic nitrogens is 3. The van der Waals surface area contributed by atoms with Gasteiger partial charge in [-0.05, 0) is 28.8 Å². The normalized spacial score (nSPS) is 12.3. The van der Waals surface area contributed by atoms with Gasteiger partial charge >= 0.3 is 6.18 Å². The second-order valence-corrected chi connectivity index (χ2v) is 8.73. The summed E-state index contributed by atoms with van der Waals surface area (Å²) in [5.41, 5.74) is 3.78. The van der Waals surface area contributed by atoms with Gasteiger partial charge in [-0.25, -0.2) is 12.8 Å². The molecule has 11 heteroatoms. The van der Waals surface area contributed by atoms with Gasteiger partial charge in [0.05, 0.1) is 11.3 Å². The molecule has 3 aromatic rings. The van der Waals surface area contributed by atoms with Gasteiger partial charge in [0.2, 0.25) is 5.95 Å². The number of hydrogen-bond acceptors (Lipinski definition) is 5. The molecular weight excluding hydrogens is 412 g/mol. The number of benzene rings is 2. The predicted octanol–water partition coefficient (Wildman–Crippen LogP) is 3.35. The maximum Gasteiger partial charge on any atom is 0.417 e. The first-order valence-corrected chi connectivity index (χ1v) is 10.3. The third kappa shape index (κ3) is 5.11. The Morgan fingerprint density at radius 3 is 2.45 bits per heavy atom. The lowest BCUT2D eigenvalue weighted by atomic mass is 9.94. The van der Waals surface area contributed by atoms with Gasteiger partial charge in [0.15, 0.2) is 9.84 Å². The van der Waals surface area contributed by atoms with Gasteiger partial charge in [0.25, 0.3) is 0 Å². The first kappa shape index (κ1) is 20.8. The molecule has 0 atom stereocenters. The van der Waals surface area contributed by atoms with Crippen molar-refractivity contribution in [2.45, 2.75) is 18.3 Å². The number of nitrogens with two attached hydrogens (primary N) is 1. The van der Waals surface area contributed by atoms with E-state index in [-0.39, 0.29) is 40.6 Å². The van der Waals surface area contributed by atoms with E-state index in [2.05, 4.69) is 15.2 Å². The van der Waals surface area contributed by atoms with Crippen molar-refractivity contribution < 1.29 is 26.0 Å². The van der Waals surface area contributed by atoms with Gasteiger partial charge in [0, 0.05) is 18.2 Å². The lowest BCUT2D eigenvalue weighted by Crippen LogP contribution is -2.10. The molecule has 0 fully saturated rings. The van der Waals surface area contributed by atoms with E-state index in [9.17, 15) is 26.0 Å². The Labute approximate surface area is 163 Å². The van der Waals surface area contributed by atoms with Crippen molar-refractivity contribution in [2.24, 2.45) is 0 Å². The second-order valence-electron chi connectivity index (χ2n) is 6.59. The number of alkyl halides is 3. The van der Waals surface area contributed by atoms with Gasteiger partial charge in [-0.1, -0.05) is 24.3 Å². The summed E-state index contributed by atoms with van der Waals surface area (Å²) in [6, 6.07) is 7.20. The number of rotatable bonds is 5. The van der Waals surface area contributed by atoms with Crippen LogP contribution >= 0.6 is 0 Å². The number of halogens is 4. The lowest BCUT2D eigenvalue weighted by molar-refractivity contribution is -0.137. The standard InChI is InChI=1S/C18H16F4N4O2S/c1-29(27,28)9-10-3-2-4-12(5-10)16-13(18(20,21)22)6-11(7-14(16)19)8-15-24-17(23)26-25-15/h2-7H,8-9H2,1H3,(H3,23,24,25,26). The van der Waals surface area contributed by atoms with E-state index in [1.807, 2.05) is 0 Å². The van der Waals surface area contributed by atoms with Crippen LogP contribution in [-0.2, 0) is 28.2 Å². The number of nitrogens with one attached hydrogen (secondary N) is 1. The van der Waals surface area contributed by atoms with E-state index in [0.717, 1.165) is 18.4 Å². The first-order chi connectivity index (χ1) is 13.4. The second kappa shape index (κ2) is 7.47. The average Bonchev–Trinajstić information content (AvgIpc) is 2.97. The molecule has 1 heterocycles. The maximum absolute atomic E-state index is 14.8. The van der Waals surface area contributed by atoms with Gasteiger partial charge in [-0.15, -0.1) is 5.10 Å². The van der Waals surface area contributed by atoms with Crippen LogP contribution in [-0.4, -0.2) is 29.9 Å². The predicted molar refractivity (Wildman–Crippen MR) is 99.0 cm³/mol. The number of anilines is 1. The molecule has 0 aliphatic heterocycles. The van der Waals surface area contributed by atoms with Gasteiger partial charge in [-0.2, -0.15) is 18.2 Å². The Morgan fingerprint density at radius 2 is 1.86 bits per heavy atom. The van der Waals surface area contributed by atoms with E-state index in [0.29, 0.717) is 0 Å². The molecule has 0 aliphatic rings. The van der Waals surface area contributed by atoms with Crippen LogP contribution in [0.4, 0.5) is 23.5 Å². The molecule has 3 rings (SSSR count). The molecule has 1 aromatic heterocycles. The maximum atomic E-state index is 14.8. The highest BCUT2D eigenvalue weighted by Gasteiger charge is 2.36. The summed E-state index contributed by atoms with van der Waals surface area (Å²) in [7, 11) is -3.41. The van der Waals surface area contributed by atoms with E-state index in [1.165, 1.54) is 24.3 Å². The molecule has 0 bridgehead atoms. The average molecular weight is 428 g/mol. The van der Waals surface area contributed by atoms with Crippen LogP contribution < -0.4 is 5.73 Å². The van der Waals surface area contributed by atoms with Crippen molar-refractivity contribution in [2.75, 3.05) is 12.0 Å². The molecule has 0 radical (unpaired) electrons. The fourth-order valence-corrected chi connectivity index (χ4v) is 3.77. The highest BCUT2D eigenvalue weighted by Crippen LogP contribution is 2.40. The van der Waals surface area contributed by atoms with Crippen molar-refractivity contribution in [3.05, 3.63) is 64.7 Å².